The van der Waals surface area contributed by atoms with Gasteiger partial charge in [0.25, 0.3) is 0 Å². The summed E-state index contributed by atoms with van der Waals surface area (Å²) >= 11 is 3.69. The third-order valence-corrected chi connectivity index (χ3v) is 1.25. The Morgan fingerprint density at radius 3 is 2.60 bits per heavy atom. The van der Waals surface area contributed by atoms with Gasteiger partial charge in [0.15, 0.2) is 5.44 Å². The highest BCUT2D eigenvalue weighted by Gasteiger charge is 2.15. The molecule has 2 N–H and O–H groups in total. The van der Waals surface area contributed by atoms with E-state index in [1.54, 1.807) is 0 Å². The summed E-state index contributed by atoms with van der Waals surface area (Å²) in [6.45, 7) is 0.731. The molecule has 0 aromatic carbocycles. The molecule has 0 heterocycles. The molecule has 60 valence electrons. The third-order valence-electron chi connectivity index (χ3n) is 0.803. The van der Waals surface area contributed by atoms with Crippen LogP contribution in [-0.2, 0) is 9.53 Å². The lowest BCUT2D eigenvalue weighted by Gasteiger charge is -2.14. The summed E-state index contributed by atoms with van der Waals surface area (Å²) in [6, 6.07) is 0. The van der Waals surface area contributed by atoms with Crippen molar-refractivity contribution < 1.29 is 19.7 Å². The van der Waals surface area contributed by atoms with E-state index in [9.17, 15) is 4.79 Å². The quantitative estimate of drug-likeness (QED) is 0.290. The molecule has 2 atom stereocenters. The minimum atomic E-state index is -1.12. The summed E-state index contributed by atoms with van der Waals surface area (Å²) in [5.41, 5.74) is -0.942. The predicted molar refractivity (Wildman–Crippen MR) is 37.6 cm³/mol. The van der Waals surface area contributed by atoms with Crippen LogP contribution < -0.4 is 0 Å². The van der Waals surface area contributed by atoms with Gasteiger partial charge in [-0.3, -0.25) is 4.79 Å². The van der Waals surface area contributed by atoms with Gasteiger partial charge in [-0.05, 0) is 0 Å². The minimum Gasteiger partial charge on any atom is -0.449 e. The molecule has 0 saturated carbocycles. The van der Waals surface area contributed by atoms with Crippen LogP contribution in [0.1, 0.15) is 6.92 Å². The van der Waals surface area contributed by atoms with E-state index in [0.29, 0.717) is 0 Å². The van der Waals surface area contributed by atoms with E-state index in [1.165, 1.54) is 6.92 Å². The lowest BCUT2D eigenvalue weighted by atomic mass is 10.4. The number of esters is 1. The van der Waals surface area contributed by atoms with E-state index in [4.69, 9.17) is 10.2 Å². The number of carbonyl (C=O) groups is 1. The van der Waals surface area contributed by atoms with Crippen molar-refractivity contribution >= 4 is 18.6 Å². The summed E-state index contributed by atoms with van der Waals surface area (Å²) in [7, 11) is 0. The second kappa shape index (κ2) is 4.54. The summed E-state index contributed by atoms with van der Waals surface area (Å²) < 4.78 is 4.42. The Labute approximate surface area is 64.2 Å². The van der Waals surface area contributed by atoms with E-state index in [-0.39, 0.29) is 0 Å². The van der Waals surface area contributed by atoms with E-state index in [2.05, 4.69) is 17.4 Å². The molecule has 0 aliphatic rings. The molecule has 0 aromatic heterocycles. The topological polar surface area (TPSA) is 66.8 Å². The first kappa shape index (κ1) is 9.74. The second-order valence-electron chi connectivity index (χ2n) is 1.75. The van der Waals surface area contributed by atoms with Gasteiger partial charge in [-0.1, -0.05) is 0 Å². The monoisotopic (exact) mass is 166 g/mol. The maximum absolute atomic E-state index is 10.2. The number of carbonyl (C=O) groups excluding carboxylic acids is 1. The van der Waals surface area contributed by atoms with E-state index in [0.717, 1.165) is 0 Å². The Bertz CT molecular complexity index is 116. The van der Waals surface area contributed by atoms with Crippen LogP contribution in [0.5, 0.6) is 0 Å². The van der Waals surface area contributed by atoms with Gasteiger partial charge in [-0.2, -0.15) is 0 Å². The molecule has 10 heavy (non-hydrogen) atoms. The first-order chi connectivity index (χ1) is 4.57. The average Bonchev–Trinajstić information content (AvgIpc) is 1.85. The van der Waals surface area contributed by atoms with E-state index in [1.807, 2.05) is 0 Å². The zero-order chi connectivity index (χ0) is 8.15. The highest BCUT2D eigenvalue weighted by Crippen LogP contribution is 2.03. The lowest BCUT2D eigenvalue weighted by molar-refractivity contribution is -0.146. The van der Waals surface area contributed by atoms with Crippen LogP contribution >= 0.6 is 12.6 Å². The summed E-state index contributed by atoms with van der Waals surface area (Å²) in [5, 5.41) is 17.1. The van der Waals surface area contributed by atoms with E-state index >= 15 is 0 Å². The van der Waals surface area contributed by atoms with Crippen LogP contribution in [-0.4, -0.2) is 34.3 Å². The van der Waals surface area contributed by atoms with Crippen molar-refractivity contribution in [2.45, 2.75) is 18.5 Å². The van der Waals surface area contributed by atoms with Crippen molar-refractivity contribution in [2.75, 3.05) is 6.61 Å². The normalized spacial score (nSPS) is 16.0. The molecule has 2 unspecified atom stereocenters. The number of aliphatic hydroxyl groups is 2. The van der Waals surface area contributed by atoms with Crippen LogP contribution in [0.25, 0.3) is 0 Å². The SMILES string of the molecule is CC(=O)OC(S)C(O)CO. The van der Waals surface area contributed by atoms with Gasteiger partial charge in [-0.15, -0.1) is 12.6 Å². The van der Waals surface area contributed by atoms with Gasteiger partial charge in [0.05, 0.1) is 6.61 Å². The zero-order valence-corrected chi connectivity index (χ0v) is 6.41. The van der Waals surface area contributed by atoms with E-state index < -0.39 is 24.1 Å². The minimum absolute atomic E-state index is 0.471. The molecule has 0 aliphatic heterocycles. The Morgan fingerprint density at radius 1 is 1.80 bits per heavy atom. The number of thiol groups is 1. The lowest BCUT2D eigenvalue weighted by Crippen LogP contribution is -2.28. The van der Waals surface area contributed by atoms with Crippen molar-refractivity contribution in [1.82, 2.24) is 0 Å². The molecular formula is C5H10O4S. The van der Waals surface area contributed by atoms with Crippen molar-refractivity contribution in [3.63, 3.8) is 0 Å². The van der Waals surface area contributed by atoms with Gasteiger partial charge >= 0.3 is 5.97 Å². The summed E-state index contributed by atoms with van der Waals surface area (Å²) in [4.78, 5) is 10.2. The molecule has 0 radical (unpaired) electrons. The Hall–Kier alpha value is -0.260. The molecule has 0 bridgehead atoms. The Kier molecular flexibility index (Phi) is 4.42. The molecule has 0 aromatic rings. The zero-order valence-electron chi connectivity index (χ0n) is 5.52. The number of aliphatic hydroxyl groups excluding tert-OH is 2. The largest absolute Gasteiger partial charge is 0.449 e. The average molecular weight is 166 g/mol. The number of ether oxygens (including phenoxy) is 1. The maximum Gasteiger partial charge on any atom is 0.303 e. The molecular weight excluding hydrogens is 156 g/mol. The molecule has 0 aliphatic carbocycles. The van der Waals surface area contributed by atoms with Gasteiger partial charge in [0.2, 0.25) is 0 Å². The first-order valence-corrected chi connectivity index (χ1v) is 3.23. The molecule has 0 spiro atoms. The van der Waals surface area contributed by atoms with Gasteiger partial charge < -0.3 is 14.9 Å². The second-order valence-corrected chi connectivity index (χ2v) is 2.26. The first-order valence-electron chi connectivity index (χ1n) is 2.72. The molecule has 0 saturated heterocycles. The molecule has 5 heteroatoms. The standard InChI is InChI=1S/C5H10O4S/c1-3(7)9-5(10)4(8)2-6/h4-6,8,10H,2H2,1H3. The number of rotatable bonds is 3. The molecule has 0 fully saturated rings. The van der Waals surface area contributed by atoms with Crippen LogP contribution in [0.15, 0.2) is 0 Å². The van der Waals surface area contributed by atoms with Crippen LogP contribution in [0, 0.1) is 0 Å². The maximum atomic E-state index is 10.2. The molecule has 0 rings (SSSR count). The highest BCUT2D eigenvalue weighted by atomic mass is 32.1. The highest BCUT2D eigenvalue weighted by molar-refractivity contribution is 7.80. The van der Waals surface area contributed by atoms with Crippen molar-refractivity contribution in [1.29, 1.82) is 0 Å². The number of hydrogen-bond acceptors (Lipinski definition) is 5. The predicted octanol–water partition coefficient (Wildman–Crippen LogP) is -0.841. The van der Waals surface area contributed by atoms with Gasteiger partial charge in [-0.25, -0.2) is 0 Å². The van der Waals surface area contributed by atoms with Gasteiger partial charge in [0.1, 0.15) is 6.10 Å². The summed E-state index contributed by atoms with van der Waals surface area (Å²) in [6.07, 6.45) is -1.12. The molecule has 0 amide bonds. The third kappa shape index (κ3) is 3.71. The van der Waals surface area contributed by atoms with Crippen LogP contribution in [0.2, 0.25) is 0 Å². The van der Waals surface area contributed by atoms with Crippen LogP contribution in [0.3, 0.4) is 0 Å². The fourth-order valence-corrected chi connectivity index (χ4v) is 0.581. The van der Waals surface area contributed by atoms with Crippen molar-refractivity contribution in [2.24, 2.45) is 0 Å². The summed E-state index contributed by atoms with van der Waals surface area (Å²) in [5.74, 6) is -0.535. The van der Waals surface area contributed by atoms with Crippen LogP contribution in [0.4, 0.5) is 0 Å². The fourth-order valence-electron chi connectivity index (χ4n) is 0.339. The Morgan fingerprint density at radius 2 is 2.30 bits per heavy atom. The van der Waals surface area contributed by atoms with Crippen molar-refractivity contribution in [3.05, 3.63) is 0 Å². The van der Waals surface area contributed by atoms with Crippen molar-refractivity contribution in [3.8, 4) is 0 Å². The van der Waals surface area contributed by atoms with Gasteiger partial charge in [0, 0.05) is 6.92 Å². The molecule has 4 nitrogen and oxygen atoms in total. The smallest absolute Gasteiger partial charge is 0.303 e. The fraction of sp³-hybridized carbons (Fsp3) is 0.800. The Balaban J connectivity index is 3.61. The number of hydrogen-bond donors (Lipinski definition) is 3.